The maximum Gasteiger partial charge on any atom is 0.104 e. The molecule has 2 atom stereocenters. The lowest BCUT2D eigenvalue weighted by Gasteiger charge is -2.41. The van der Waals surface area contributed by atoms with E-state index in [0.717, 1.165) is 23.3 Å². The minimum absolute atomic E-state index is 0.0531. The zero-order valence-corrected chi connectivity index (χ0v) is 12.8. The van der Waals surface area contributed by atoms with Crippen LogP contribution in [0.3, 0.4) is 0 Å². The topological polar surface area (TPSA) is 23.5 Å². The van der Waals surface area contributed by atoms with Crippen molar-refractivity contribution in [3.8, 4) is 11.8 Å². The van der Waals surface area contributed by atoms with E-state index in [1.54, 1.807) is 11.3 Å². The highest BCUT2D eigenvalue weighted by atomic mass is 32.1. The van der Waals surface area contributed by atoms with Gasteiger partial charge in [-0.05, 0) is 43.4 Å². The van der Waals surface area contributed by atoms with Gasteiger partial charge < -0.3 is 5.11 Å². The van der Waals surface area contributed by atoms with Gasteiger partial charge in [-0.2, -0.15) is 0 Å². The maximum atomic E-state index is 8.73. The van der Waals surface area contributed by atoms with Crippen LogP contribution in [0.1, 0.15) is 41.9 Å². The van der Waals surface area contributed by atoms with Gasteiger partial charge in [0.1, 0.15) is 6.61 Å². The van der Waals surface area contributed by atoms with E-state index in [1.165, 1.54) is 50.1 Å². The van der Waals surface area contributed by atoms with Gasteiger partial charge in [-0.25, -0.2) is 0 Å². The van der Waals surface area contributed by atoms with Gasteiger partial charge in [0.2, 0.25) is 0 Å². The summed E-state index contributed by atoms with van der Waals surface area (Å²) in [6.45, 7) is 3.58. The molecule has 2 heterocycles. The van der Waals surface area contributed by atoms with Gasteiger partial charge >= 0.3 is 0 Å². The number of fused-ring (bicyclic) bond motifs is 1. The van der Waals surface area contributed by atoms with Crippen molar-refractivity contribution < 1.29 is 5.11 Å². The van der Waals surface area contributed by atoms with Gasteiger partial charge in [-0.1, -0.05) is 31.1 Å². The molecule has 2 aliphatic rings. The van der Waals surface area contributed by atoms with Crippen molar-refractivity contribution in [2.45, 2.75) is 38.6 Å². The summed E-state index contributed by atoms with van der Waals surface area (Å²) in [5.41, 5.74) is 0. The summed E-state index contributed by atoms with van der Waals surface area (Å²) in [5.74, 6) is 7.68. The summed E-state index contributed by atoms with van der Waals surface area (Å²) in [6, 6.07) is 4.27. The van der Waals surface area contributed by atoms with Crippen LogP contribution >= 0.6 is 11.3 Å². The molecule has 0 amide bonds. The van der Waals surface area contributed by atoms with Crippen LogP contribution in [0.4, 0.5) is 0 Å². The quantitative estimate of drug-likeness (QED) is 0.846. The maximum absolute atomic E-state index is 8.73. The molecule has 1 aliphatic carbocycles. The van der Waals surface area contributed by atoms with E-state index in [9.17, 15) is 0 Å². The van der Waals surface area contributed by atoms with E-state index >= 15 is 0 Å². The standard InChI is InChI=1S/C17H23NOS/c19-11-3-6-16-7-8-17(20-16)13-18-10-9-14-4-1-2-5-15(14)12-18/h7-8,14-15,19H,1-2,4-5,9-13H2. The Kier molecular flexibility index (Phi) is 4.77. The van der Waals surface area contributed by atoms with Crippen molar-refractivity contribution >= 4 is 11.3 Å². The molecule has 3 rings (SSSR count). The first kappa shape index (κ1) is 14.1. The summed E-state index contributed by atoms with van der Waals surface area (Å²) in [4.78, 5) is 5.10. The minimum atomic E-state index is -0.0531. The summed E-state index contributed by atoms with van der Waals surface area (Å²) < 4.78 is 0. The van der Waals surface area contributed by atoms with Crippen LogP contribution in [0.2, 0.25) is 0 Å². The van der Waals surface area contributed by atoms with Crippen LogP contribution in [-0.4, -0.2) is 29.7 Å². The van der Waals surface area contributed by atoms with Crippen molar-refractivity contribution in [3.05, 3.63) is 21.9 Å². The number of aliphatic hydroxyl groups excluding tert-OH is 1. The lowest BCUT2D eigenvalue weighted by Crippen LogP contribution is -2.41. The fraction of sp³-hybridized carbons (Fsp3) is 0.647. The first-order valence-electron chi connectivity index (χ1n) is 7.76. The molecule has 1 aromatic heterocycles. The summed E-state index contributed by atoms with van der Waals surface area (Å²) in [7, 11) is 0. The van der Waals surface area contributed by atoms with Crippen LogP contribution in [0.5, 0.6) is 0 Å². The molecule has 1 aromatic rings. The molecule has 0 bridgehead atoms. The Morgan fingerprint density at radius 3 is 2.90 bits per heavy atom. The first-order chi connectivity index (χ1) is 9.85. The Labute approximate surface area is 125 Å². The number of nitrogens with zero attached hydrogens (tertiary/aromatic N) is 1. The van der Waals surface area contributed by atoms with E-state index in [1.807, 2.05) is 0 Å². The molecule has 2 fully saturated rings. The molecule has 20 heavy (non-hydrogen) atoms. The average molecular weight is 289 g/mol. The van der Waals surface area contributed by atoms with Gasteiger partial charge in [-0.15, -0.1) is 11.3 Å². The summed E-state index contributed by atoms with van der Waals surface area (Å²) in [5, 5.41) is 8.73. The Morgan fingerprint density at radius 1 is 1.20 bits per heavy atom. The van der Waals surface area contributed by atoms with Crippen LogP contribution in [0.15, 0.2) is 12.1 Å². The van der Waals surface area contributed by atoms with Crippen LogP contribution < -0.4 is 0 Å². The zero-order chi connectivity index (χ0) is 13.8. The predicted molar refractivity (Wildman–Crippen MR) is 83.6 cm³/mol. The summed E-state index contributed by atoms with van der Waals surface area (Å²) >= 11 is 1.77. The minimum Gasteiger partial charge on any atom is -0.384 e. The van der Waals surface area contributed by atoms with Gasteiger partial charge in [0.25, 0.3) is 0 Å². The highest BCUT2D eigenvalue weighted by molar-refractivity contribution is 7.12. The Morgan fingerprint density at radius 2 is 2.05 bits per heavy atom. The van der Waals surface area contributed by atoms with E-state index < -0.39 is 0 Å². The number of aliphatic hydroxyl groups is 1. The van der Waals surface area contributed by atoms with Crippen LogP contribution in [0.25, 0.3) is 0 Å². The van der Waals surface area contributed by atoms with E-state index in [0.29, 0.717) is 0 Å². The molecule has 3 heteroatoms. The normalized spacial score (nSPS) is 26.6. The third-order valence-corrected chi connectivity index (χ3v) is 5.69. The number of thiophene rings is 1. The third-order valence-electron chi connectivity index (χ3n) is 4.71. The van der Waals surface area contributed by atoms with Gasteiger partial charge in [-0.3, -0.25) is 4.90 Å². The molecule has 108 valence electrons. The first-order valence-corrected chi connectivity index (χ1v) is 8.57. The highest BCUT2D eigenvalue weighted by Gasteiger charge is 2.30. The highest BCUT2D eigenvalue weighted by Crippen LogP contribution is 2.36. The van der Waals surface area contributed by atoms with E-state index in [4.69, 9.17) is 5.11 Å². The molecule has 2 nitrogen and oxygen atoms in total. The SMILES string of the molecule is OCC#Cc1ccc(CN2CCC3CCCCC3C2)s1. The monoisotopic (exact) mass is 289 g/mol. The van der Waals surface area contributed by atoms with Crippen molar-refractivity contribution in [1.82, 2.24) is 4.90 Å². The lowest BCUT2D eigenvalue weighted by molar-refractivity contribution is 0.0827. The van der Waals surface area contributed by atoms with Crippen LogP contribution in [-0.2, 0) is 6.54 Å². The molecule has 0 spiro atoms. The number of piperidine rings is 1. The zero-order valence-electron chi connectivity index (χ0n) is 12.0. The predicted octanol–water partition coefficient (Wildman–Crippen LogP) is 3.10. The largest absolute Gasteiger partial charge is 0.384 e. The van der Waals surface area contributed by atoms with Crippen molar-refractivity contribution in [2.24, 2.45) is 11.8 Å². The average Bonchev–Trinajstić information content (AvgIpc) is 2.92. The fourth-order valence-electron chi connectivity index (χ4n) is 3.70. The van der Waals surface area contributed by atoms with Gasteiger partial charge in [0.15, 0.2) is 0 Å². The van der Waals surface area contributed by atoms with Crippen LogP contribution in [0, 0.1) is 23.7 Å². The molecular formula is C17H23NOS. The van der Waals surface area contributed by atoms with Crippen molar-refractivity contribution in [2.75, 3.05) is 19.7 Å². The second-order valence-corrected chi connectivity index (χ2v) is 7.22. The number of rotatable bonds is 2. The molecular weight excluding hydrogens is 266 g/mol. The van der Waals surface area contributed by atoms with E-state index in [2.05, 4.69) is 28.9 Å². The Bertz CT molecular complexity index is 499. The molecule has 1 saturated carbocycles. The molecule has 1 aliphatic heterocycles. The molecule has 0 aromatic carbocycles. The lowest BCUT2D eigenvalue weighted by atomic mass is 9.75. The number of likely N-dealkylation sites (tertiary alicyclic amines) is 1. The molecule has 1 N–H and O–H groups in total. The molecule has 2 unspecified atom stereocenters. The second kappa shape index (κ2) is 6.76. The fourth-order valence-corrected chi connectivity index (χ4v) is 4.62. The summed E-state index contributed by atoms with van der Waals surface area (Å²) in [6.07, 6.45) is 7.21. The second-order valence-electron chi connectivity index (χ2n) is 6.05. The van der Waals surface area contributed by atoms with E-state index in [-0.39, 0.29) is 6.61 Å². The van der Waals surface area contributed by atoms with Crippen molar-refractivity contribution in [1.29, 1.82) is 0 Å². The number of hydrogen-bond donors (Lipinski definition) is 1. The Hall–Kier alpha value is -0.820. The third kappa shape index (κ3) is 3.44. The molecule has 1 saturated heterocycles. The Balaban J connectivity index is 1.56. The number of hydrogen-bond acceptors (Lipinski definition) is 3. The smallest absolute Gasteiger partial charge is 0.104 e. The van der Waals surface area contributed by atoms with Gasteiger partial charge in [0.05, 0.1) is 4.88 Å². The molecule has 0 radical (unpaired) electrons. The van der Waals surface area contributed by atoms with Gasteiger partial charge in [0, 0.05) is 18.0 Å². The van der Waals surface area contributed by atoms with Crippen molar-refractivity contribution in [3.63, 3.8) is 0 Å².